The SMILES string of the molecule is CCOc1cc(CNC(=NC)N(C)Cc2ccccc2)ccc1OC. The van der Waals surface area contributed by atoms with Gasteiger partial charge in [0.2, 0.25) is 0 Å². The van der Waals surface area contributed by atoms with Crippen LogP contribution < -0.4 is 14.8 Å². The van der Waals surface area contributed by atoms with Gasteiger partial charge in [-0.2, -0.15) is 0 Å². The fourth-order valence-electron chi connectivity index (χ4n) is 2.60. The molecule has 0 aliphatic rings. The van der Waals surface area contributed by atoms with E-state index in [9.17, 15) is 0 Å². The minimum atomic E-state index is 0.606. The summed E-state index contributed by atoms with van der Waals surface area (Å²) in [5.41, 5.74) is 2.36. The van der Waals surface area contributed by atoms with Crippen LogP contribution in [0, 0.1) is 0 Å². The molecule has 0 atom stereocenters. The fraction of sp³-hybridized carbons (Fsp3) is 0.350. The van der Waals surface area contributed by atoms with Crippen molar-refractivity contribution in [2.24, 2.45) is 4.99 Å². The van der Waals surface area contributed by atoms with Gasteiger partial charge in [0, 0.05) is 27.2 Å². The molecule has 5 nitrogen and oxygen atoms in total. The van der Waals surface area contributed by atoms with E-state index in [1.807, 2.05) is 50.4 Å². The molecule has 0 amide bonds. The quantitative estimate of drug-likeness (QED) is 0.620. The third-order valence-corrected chi connectivity index (χ3v) is 3.81. The van der Waals surface area contributed by atoms with Crippen molar-refractivity contribution in [2.75, 3.05) is 27.8 Å². The molecule has 5 heteroatoms. The first-order valence-corrected chi connectivity index (χ1v) is 8.43. The highest BCUT2D eigenvalue weighted by atomic mass is 16.5. The third-order valence-electron chi connectivity index (χ3n) is 3.81. The maximum absolute atomic E-state index is 5.63. The Morgan fingerprint density at radius 3 is 2.48 bits per heavy atom. The molecule has 0 aliphatic heterocycles. The average Bonchev–Trinajstić information content (AvgIpc) is 2.63. The van der Waals surface area contributed by atoms with Gasteiger partial charge in [-0.25, -0.2) is 0 Å². The maximum Gasteiger partial charge on any atom is 0.193 e. The van der Waals surface area contributed by atoms with Gasteiger partial charge in [0.1, 0.15) is 0 Å². The number of hydrogen-bond acceptors (Lipinski definition) is 3. The lowest BCUT2D eigenvalue weighted by Crippen LogP contribution is -2.38. The number of nitrogens with one attached hydrogen (secondary N) is 1. The van der Waals surface area contributed by atoms with E-state index in [1.165, 1.54) is 5.56 Å². The first-order valence-electron chi connectivity index (χ1n) is 8.43. The highest BCUT2D eigenvalue weighted by Crippen LogP contribution is 2.27. The number of benzene rings is 2. The number of hydrogen-bond donors (Lipinski definition) is 1. The summed E-state index contributed by atoms with van der Waals surface area (Å²) in [6.45, 7) is 4.03. The van der Waals surface area contributed by atoms with Crippen LogP contribution in [0.4, 0.5) is 0 Å². The maximum atomic E-state index is 5.63. The zero-order valence-electron chi connectivity index (χ0n) is 15.5. The van der Waals surface area contributed by atoms with Gasteiger partial charge in [-0.3, -0.25) is 4.99 Å². The number of guanidine groups is 1. The Labute approximate surface area is 150 Å². The summed E-state index contributed by atoms with van der Waals surface area (Å²) < 4.78 is 11.0. The first-order chi connectivity index (χ1) is 12.2. The Kier molecular flexibility index (Phi) is 7.14. The van der Waals surface area contributed by atoms with Crippen LogP contribution in [0.15, 0.2) is 53.5 Å². The van der Waals surface area contributed by atoms with E-state index in [-0.39, 0.29) is 0 Å². The predicted molar refractivity (Wildman–Crippen MR) is 102 cm³/mol. The van der Waals surface area contributed by atoms with E-state index in [4.69, 9.17) is 9.47 Å². The number of nitrogens with zero attached hydrogens (tertiary/aromatic N) is 2. The van der Waals surface area contributed by atoms with Gasteiger partial charge in [0.05, 0.1) is 13.7 Å². The molecule has 1 N–H and O–H groups in total. The highest BCUT2D eigenvalue weighted by Gasteiger charge is 2.09. The number of methoxy groups -OCH3 is 1. The Bertz CT molecular complexity index is 687. The predicted octanol–water partition coefficient (Wildman–Crippen LogP) is 3.30. The van der Waals surface area contributed by atoms with Gasteiger partial charge in [-0.15, -0.1) is 0 Å². The second-order valence-electron chi connectivity index (χ2n) is 5.66. The number of ether oxygens (including phenoxy) is 2. The first kappa shape index (κ1) is 18.6. The van der Waals surface area contributed by atoms with Crippen LogP contribution >= 0.6 is 0 Å². The molecule has 2 rings (SSSR count). The van der Waals surface area contributed by atoms with E-state index < -0.39 is 0 Å². The van der Waals surface area contributed by atoms with Crippen LogP contribution in [0.1, 0.15) is 18.1 Å². The van der Waals surface area contributed by atoms with Crippen molar-refractivity contribution in [1.29, 1.82) is 0 Å². The van der Waals surface area contributed by atoms with Gasteiger partial charge < -0.3 is 19.7 Å². The Hall–Kier alpha value is -2.69. The standard InChI is InChI=1S/C20H27N3O2/c1-5-25-19-13-17(11-12-18(19)24-4)14-22-20(21-2)23(3)15-16-9-7-6-8-10-16/h6-13H,5,14-15H2,1-4H3,(H,21,22). The largest absolute Gasteiger partial charge is 0.493 e. The van der Waals surface area contributed by atoms with Crippen molar-refractivity contribution >= 4 is 5.96 Å². The van der Waals surface area contributed by atoms with Crippen molar-refractivity contribution in [1.82, 2.24) is 10.2 Å². The van der Waals surface area contributed by atoms with Crippen molar-refractivity contribution in [3.05, 3.63) is 59.7 Å². The molecule has 0 radical (unpaired) electrons. The minimum absolute atomic E-state index is 0.606. The molecule has 0 aliphatic carbocycles. The second-order valence-corrected chi connectivity index (χ2v) is 5.66. The molecule has 0 fully saturated rings. The third kappa shape index (κ3) is 5.41. The van der Waals surface area contributed by atoms with E-state index in [1.54, 1.807) is 14.2 Å². The summed E-state index contributed by atoms with van der Waals surface area (Å²) in [4.78, 5) is 6.47. The lowest BCUT2D eigenvalue weighted by molar-refractivity contribution is 0.310. The highest BCUT2D eigenvalue weighted by molar-refractivity contribution is 5.79. The molecular formula is C20H27N3O2. The molecule has 0 saturated carbocycles. The number of aliphatic imine (C=N–C) groups is 1. The molecular weight excluding hydrogens is 314 g/mol. The molecule has 0 aromatic heterocycles. The van der Waals surface area contributed by atoms with Gasteiger partial charge >= 0.3 is 0 Å². The molecule has 134 valence electrons. The summed E-state index contributed by atoms with van der Waals surface area (Å²) in [7, 11) is 5.47. The van der Waals surface area contributed by atoms with Crippen LogP contribution in [0.2, 0.25) is 0 Å². The van der Waals surface area contributed by atoms with Crippen LogP contribution in [-0.4, -0.2) is 38.7 Å². The summed E-state index contributed by atoms with van der Waals surface area (Å²) in [5, 5.41) is 3.39. The zero-order chi connectivity index (χ0) is 18.1. The van der Waals surface area contributed by atoms with E-state index in [0.29, 0.717) is 13.2 Å². The minimum Gasteiger partial charge on any atom is -0.493 e. The molecule has 0 bridgehead atoms. The molecule has 25 heavy (non-hydrogen) atoms. The summed E-state index contributed by atoms with van der Waals surface area (Å²) in [5.74, 6) is 2.35. The van der Waals surface area contributed by atoms with Crippen LogP contribution in [0.25, 0.3) is 0 Å². The van der Waals surface area contributed by atoms with Crippen molar-refractivity contribution in [3.63, 3.8) is 0 Å². The van der Waals surface area contributed by atoms with E-state index in [2.05, 4.69) is 27.3 Å². The summed E-state index contributed by atoms with van der Waals surface area (Å²) in [6.07, 6.45) is 0. The molecule has 0 saturated heterocycles. The van der Waals surface area contributed by atoms with E-state index in [0.717, 1.165) is 29.6 Å². The summed E-state index contributed by atoms with van der Waals surface area (Å²) >= 11 is 0. The Morgan fingerprint density at radius 2 is 1.84 bits per heavy atom. The normalized spacial score (nSPS) is 11.1. The van der Waals surface area contributed by atoms with Crippen LogP contribution in [0.3, 0.4) is 0 Å². The van der Waals surface area contributed by atoms with E-state index >= 15 is 0 Å². The van der Waals surface area contributed by atoms with Crippen molar-refractivity contribution in [2.45, 2.75) is 20.0 Å². The monoisotopic (exact) mass is 341 g/mol. The molecule has 2 aromatic carbocycles. The van der Waals surface area contributed by atoms with Gasteiger partial charge in [-0.05, 0) is 30.2 Å². The lowest BCUT2D eigenvalue weighted by atomic mass is 10.2. The van der Waals surface area contributed by atoms with Gasteiger partial charge in [-0.1, -0.05) is 36.4 Å². The molecule has 0 unspecified atom stereocenters. The topological polar surface area (TPSA) is 46.1 Å². The molecule has 2 aromatic rings. The summed E-state index contributed by atoms with van der Waals surface area (Å²) in [6, 6.07) is 16.3. The second kappa shape index (κ2) is 9.57. The van der Waals surface area contributed by atoms with Gasteiger partial charge in [0.25, 0.3) is 0 Å². The average molecular weight is 341 g/mol. The zero-order valence-corrected chi connectivity index (χ0v) is 15.5. The van der Waals surface area contributed by atoms with Crippen molar-refractivity contribution < 1.29 is 9.47 Å². The smallest absolute Gasteiger partial charge is 0.193 e. The fourth-order valence-corrected chi connectivity index (χ4v) is 2.60. The van der Waals surface area contributed by atoms with Gasteiger partial charge in [0.15, 0.2) is 17.5 Å². The molecule has 0 spiro atoms. The van der Waals surface area contributed by atoms with Crippen LogP contribution in [0.5, 0.6) is 11.5 Å². The van der Waals surface area contributed by atoms with Crippen molar-refractivity contribution in [3.8, 4) is 11.5 Å². The Balaban J connectivity index is 1.99. The Morgan fingerprint density at radius 1 is 1.08 bits per heavy atom. The van der Waals surface area contributed by atoms with Crippen LogP contribution in [-0.2, 0) is 13.1 Å². The number of rotatable bonds is 7. The molecule has 0 heterocycles. The lowest BCUT2D eigenvalue weighted by Gasteiger charge is -2.22.